The van der Waals surface area contributed by atoms with Crippen LogP contribution in [0.1, 0.15) is 12.5 Å². The van der Waals surface area contributed by atoms with Crippen LogP contribution in [0.15, 0.2) is 73.4 Å². The number of aromatic nitrogens is 3. The summed E-state index contributed by atoms with van der Waals surface area (Å²) in [7, 11) is 1.67. The molecule has 26 heavy (non-hydrogen) atoms. The highest BCUT2D eigenvalue weighted by atomic mass is 16.5. The van der Waals surface area contributed by atoms with Gasteiger partial charge in [0, 0.05) is 11.1 Å². The van der Waals surface area contributed by atoms with Gasteiger partial charge < -0.3 is 4.74 Å². The number of rotatable bonds is 4. The van der Waals surface area contributed by atoms with Gasteiger partial charge in [-0.1, -0.05) is 42.5 Å². The van der Waals surface area contributed by atoms with E-state index in [2.05, 4.69) is 29.8 Å². The van der Waals surface area contributed by atoms with Crippen molar-refractivity contribution in [2.75, 3.05) is 7.11 Å². The molecule has 4 heteroatoms. The zero-order valence-corrected chi connectivity index (χ0v) is 14.8. The number of ether oxygens (including phenoxy) is 1. The van der Waals surface area contributed by atoms with Gasteiger partial charge in [0.15, 0.2) is 5.65 Å². The molecule has 4 aromatic rings. The second-order valence-corrected chi connectivity index (χ2v) is 6.19. The van der Waals surface area contributed by atoms with Crippen LogP contribution in [0.2, 0.25) is 0 Å². The number of hydrogen-bond donors (Lipinski definition) is 0. The Morgan fingerprint density at radius 3 is 2.69 bits per heavy atom. The minimum absolute atomic E-state index is 0.797. The molecule has 0 saturated heterocycles. The van der Waals surface area contributed by atoms with E-state index in [0.29, 0.717) is 0 Å². The zero-order valence-electron chi connectivity index (χ0n) is 14.8. The fourth-order valence-corrected chi connectivity index (χ4v) is 3.01. The van der Waals surface area contributed by atoms with E-state index in [4.69, 9.17) is 9.84 Å². The number of imidazole rings is 1. The monoisotopic (exact) mass is 341 g/mol. The summed E-state index contributed by atoms with van der Waals surface area (Å²) in [5.74, 6) is 0.797. The van der Waals surface area contributed by atoms with Crippen molar-refractivity contribution in [3.05, 3.63) is 79.0 Å². The number of methoxy groups -OCH3 is 1. The molecule has 0 unspecified atom stereocenters. The van der Waals surface area contributed by atoms with Gasteiger partial charge in [0.05, 0.1) is 24.7 Å². The average Bonchev–Trinajstić information content (AvgIpc) is 3.11. The third kappa shape index (κ3) is 2.75. The fourth-order valence-electron chi connectivity index (χ4n) is 3.01. The van der Waals surface area contributed by atoms with Gasteiger partial charge in [-0.25, -0.2) is 9.50 Å². The minimum atomic E-state index is 0.797. The van der Waals surface area contributed by atoms with E-state index in [-0.39, 0.29) is 0 Å². The molecule has 0 fully saturated rings. The maximum Gasteiger partial charge on any atom is 0.154 e. The second kappa shape index (κ2) is 6.48. The first kappa shape index (κ1) is 16.1. The maximum absolute atomic E-state index is 5.48. The van der Waals surface area contributed by atoms with Crippen molar-refractivity contribution in [3.63, 3.8) is 0 Å². The van der Waals surface area contributed by atoms with Gasteiger partial charge in [-0.3, -0.25) is 0 Å². The lowest BCUT2D eigenvalue weighted by molar-refractivity contribution is 0.416. The summed E-state index contributed by atoms with van der Waals surface area (Å²) in [4.78, 5) is 4.49. The van der Waals surface area contributed by atoms with Crippen molar-refractivity contribution in [1.29, 1.82) is 0 Å². The number of hydrogen-bond acceptors (Lipinski definition) is 3. The van der Waals surface area contributed by atoms with Crippen LogP contribution >= 0.6 is 0 Å². The average molecular weight is 341 g/mol. The molecule has 0 bridgehead atoms. The molecule has 0 radical (unpaired) electrons. The minimum Gasteiger partial charge on any atom is -0.496 e. The smallest absolute Gasteiger partial charge is 0.154 e. The van der Waals surface area contributed by atoms with Crippen molar-refractivity contribution in [2.24, 2.45) is 0 Å². The molecule has 0 atom stereocenters. The maximum atomic E-state index is 5.48. The molecule has 0 N–H and O–H groups in total. The molecule has 4 nitrogen and oxygen atoms in total. The van der Waals surface area contributed by atoms with Gasteiger partial charge in [-0.05, 0) is 42.8 Å². The van der Waals surface area contributed by atoms with Gasteiger partial charge in [0.1, 0.15) is 5.75 Å². The molecular formula is C22H19N3O. The number of allylic oxidation sites excluding steroid dienone is 1. The summed E-state index contributed by atoms with van der Waals surface area (Å²) in [6, 6.07) is 20.1. The predicted octanol–water partition coefficient (Wildman–Crippen LogP) is 5.11. The third-order valence-electron chi connectivity index (χ3n) is 4.40. The summed E-state index contributed by atoms with van der Waals surface area (Å²) >= 11 is 0. The standard InChI is InChI=1S/C22H19N3O/c1-15(2)16-7-6-8-17(13-16)20-14-23-22-12-11-19(24-25(20)22)18-9-4-5-10-21(18)26-3/h4-14H,1H2,2-3H3. The Bertz CT molecular complexity index is 1110. The molecule has 2 aromatic carbocycles. The van der Waals surface area contributed by atoms with Crippen LogP contribution in [0.25, 0.3) is 33.7 Å². The first-order valence-corrected chi connectivity index (χ1v) is 8.42. The molecule has 2 heterocycles. The van der Waals surface area contributed by atoms with Gasteiger partial charge in [0.2, 0.25) is 0 Å². The Kier molecular flexibility index (Phi) is 4.01. The third-order valence-corrected chi connectivity index (χ3v) is 4.40. The van der Waals surface area contributed by atoms with E-state index in [1.165, 1.54) is 0 Å². The lowest BCUT2D eigenvalue weighted by atomic mass is 10.0. The van der Waals surface area contributed by atoms with E-state index in [1.807, 2.05) is 60.1 Å². The molecule has 0 saturated carbocycles. The first-order chi connectivity index (χ1) is 12.7. The highest BCUT2D eigenvalue weighted by Crippen LogP contribution is 2.29. The van der Waals surface area contributed by atoms with Crippen LogP contribution in [0.4, 0.5) is 0 Å². The lowest BCUT2D eigenvalue weighted by Crippen LogP contribution is -1.98. The quantitative estimate of drug-likeness (QED) is 0.518. The van der Waals surface area contributed by atoms with Crippen molar-refractivity contribution in [2.45, 2.75) is 6.92 Å². The van der Waals surface area contributed by atoms with Crippen LogP contribution in [0.3, 0.4) is 0 Å². The Morgan fingerprint density at radius 1 is 1.04 bits per heavy atom. The van der Waals surface area contributed by atoms with Crippen molar-refractivity contribution in [1.82, 2.24) is 14.6 Å². The second-order valence-electron chi connectivity index (χ2n) is 6.19. The highest BCUT2D eigenvalue weighted by Gasteiger charge is 2.12. The predicted molar refractivity (Wildman–Crippen MR) is 105 cm³/mol. The summed E-state index contributed by atoms with van der Waals surface area (Å²) < 4.78 is 7.35. The van der Waals surface area contributed by atoms with Crippen molar-refractivity contribution >= 4 is 11.2 Å². The van der Waals surface area contributed by atoms with Crippen LogP contribution in [0.5, 0.6) is 5.75 Å². The van der Waals surface area contributed by atoms with Crippen LogP contribution in [-0.2, 0) is 0 Å². The summed E-state index contributed by atoms with van der Waals surface area (Å²) in [5, 5.41) is 4.82. The molecule has 0 amide bonds. The Labute approximate surface area is 152 Å². The molecule has 128 valence electrons. The van der Waals surface area contributed by atoms with E-state index < -0.39 is 0 Å². The van der Waals surface area contributed by atoms with Crippen LogP contribution in [0, 0.1) is 0 Å². The summed E-state index contributed by atoms with van der Waals surface area (Å²) in [6.07, 6.45) is 1.85. The molecule has 4 rings (SSSR count). The summed E-state index contributed by atoms with van der Waals surface area (Å²) in [5.41, 5.74) is 6.74. The SMILES string of the molecule is C=C(C)c1cccc(-c2cnc3ccc(-c4ccccc4OC)nn23)c1. The van der Waals surface area contributed by atoms with Crippen LogP contribution in [-0.4, -0.2) is 21.7 Å². The Balaban J connectivity index is 1.88. The lowest BCUT2D eigenvalue weighted by Gasteiger charge is -2.09. The number of nitrogens with zero attached hydrogens (tertiary/aromatic N) is 3. The topological polar surface area (TPSA) is 39.4 Å². The van der Waals surface area contributed by atoms with Crippen LogP contribution < -0.4 is 4.74 Å². The normalized spacial score (nSPS) is 10.8. The molecule has 0 aliphatic heterocycles. The fraction of sp³-hybridized carbons (Fsp3) is 0.0909. The van der Waals surface area contributed by atoms with Gasteiger partial charge in [-0.15, -0.1) is 0 Å². The Hall–Kier alpha value is -3.40. The number of para-hydroxylation sites is 1. The molecule has 0 aliphatic rings. The van der Waals surface area contributed by atoms with E-state index in [9.17, 15) is 0 Å². The van der Waals surface area contributed by atoms with E-state index in [1.54, 1.807) is 7.11 Å². The number of fused-ring (bicyclic) bond motifs is 1. The molecule has 2 aromatic heterocycles. The van der Waals surface area contributed by atoms with E-state index >= 15 is 0 Å². The van der Waals surface area contributed by atoms with Crippen molar-refractivity contribution in [3.8, 4) is 28.3 Å². The highest BCUT2D eigenvalue weighted by molar-refractivity contribution is 5.72. The zero-order chi connectivity index (χ0) is 18.1. The van der Waals surface area contributed by atoms with E-state index in [0.717, 1.165) is 45.0 Å². The first-order valence-electron chi connectivity index (χ1n) is 8.42. The Morgan fingerprint density at radius 2 is 1.88 bits per heavy atom. The summed E-state index contributed by atoms with van der Waals surface area (Å²) in [6.45, 7) is 6.04. The molecular weight excluding hydrogens is 322 g/mol. The van der Waals surface area contributed by atoms with Gasteiger partial charge >= 0.3 is 0 Å². The van der Waals surface area contributed by atoms with Gasteiger partial charge in [0.25, 0.3) is 0 Å². The van der Waals surface area contributed by atoms with Crippen molar-refractivity contribution < 1.29 is 4.74 Å². The number of benzene rings is 2. The molecule has 0 aliphatic carbocycles. The largest absolute Gasteiger partial charge is 0.496 e. The molecule has 0 spiro atoms. The van der Waals surface area contributed by atoms with Gasteiger partial charge in [-0.2, -0.15) is 5.10 Å².